The van der Waals surface area contributed by atoms with Crippen molar-refractivity contribution in [1.29, 1.82) is 0 Å². The van der Waals surface area contributed by atoms with E-state index in [0.717, 1.165) is 10.6 Å². The van der Waals surface area contributed by atoms with E-state index in [2.05, 4.69) is 20.6 Å². The number of hydrogen-bond donors (Lipinski definition) is 2. The highest BCUT2D eigenvalue weighted by Gasteiger charge is 2.13. The van der Waals surface area contributed by atoms with Gasteiger partial charge in [0.05, 0.1) is 5.56 Å². The Balaban J connectivity index is 1.44. The van der Waals surface area contributed by atoms with Crippen LogP contribution in [0, 0.1) is 0 Å². The van der Waals surface area contributed by atoms with Crippen LogP contribution in [-0.4, -0.2) is 21.8 Å². The van der Waals surface area contributed by atoms with Crippen molar-refractivity contribution >= 4 is 46.1 Å². The molecule has 0 aliphatic carbocycles. The van der Waals surface area contributed by atoms with Gasteiger partial charge in [-0.1, -0.05) is 29.8 Å². The van der Waals surface area contributed by atoms with Gasteiger partial charge in [0, 0.05) is 39.7 Å². The van der Waals surface area contributed by atoms with Gasteiger partial charge in [0.1, 0.15) is 10.7 Å². The van der Waals surface area contributed by atoms with E-state index >= 15 is 0 Å². The monoisotopic (exact) mass is 434 g/mol. The molecule has 2 heterocycles. The molecule has 0 bridgehead atoms. The van der Waals surface area contributed by atoms with Gasteiger partial charge in [0.2, 0.25) is 0 Å². The highest BCUT2D eigenvalue weighted by molar-refractivity contribution is 7.13. The number of nitrogens with zero attached hydrogens (tertiary/aromatic N) is 2. The van der Waals surface area contributed by atoms with Crippen LogP contribution < -0.4 is 10.6 Å². The second-order valence-electron chi connectivity index (χ2n) is 6.28. The van der Waals surface area contributed by atoms with Crippen LogP contribution in [0.1, 0.15) is 20.8 Å². The highest BCUT2D eigenvalue weighted by atomic mass is 35.5. The molecule has 6 nitrogen and oxygen atoms in total. The fourth-order valence-electron chi connectivity index (χ4n) is 2.67. The molecule has 2 amide bonds. The number of amides is 2. The normalized spacial score (nSPS) is 10.4. The summed E-state index contributed by atoms with van der Waals surface area (Å²) >= 11 is 7.29. The van der Waals surface area contributed by atoms with Gasteiger partial charge in [-0.2, -0.15) is 0 Å². The fraction of sp³-hybridized carbons (Fsp3) is 0. The number of hydrogen-bond acceptors (Lipinski definition) is 5. The van der Waals surface area contributed by atoms with Crippen molar-refractivity contribution in [3.8, 4) is 10.6 Å². The number of rotatable bonds is 5. The van der Waals surface area contributed by atoms with Crippen molar-refractivity contribution in [2.75, 3.05) is 10.6 Å². The maximum absolute atomic E-state index is 12.6. The van der Waals surface area contributed by atoms with E-state index in [1.165, 1.54) is 17.5 Å². The van der Waals surface area contributed by atoms with Gasteiger partial charge in [-0.15, -0.1) is 11.3 Å². The molecule has 0 saturated heterocycles. The minimum Gasteiger partial charge on any atom is -0.322 e. The molecule has 2 aromatic heterocycles. The number of benzene rings is 2. The second kappa shape index (κ2) is 8.86. The van der Waals surface area contributed by atoms with Crippen molar-refractivity contribution in [2.45, 2.75) is 0 Å². The molecule has 0 unspecified atom stereocenters. The third-order valence-corrected chi connectivity index (χ3v) is 5.27. The van der Waals surface area contributed by atoms with E-state index in [-0.39, 0.29) is 11.8 Å². The summed E-state index contributed by atoms with van der Waals surface area (Å²) in [6.07, 6.45) is 3.09. The van der Waals surface area contributed by atoms with Crippen LogP contribution in [0.15, 0.2) is 78.4 Å². The summed E-state index contributed by atoms with van der Waals surface area (Å²) in [5.41, 5.74) is 2.76. The maximum atomic E-state index is 12.6. The van der Waals surface area contributed by atoms with Crippen LogP contribution in [0.5, 0.6) is 0 Å². The molecule has 0 fully saturated rings. The quantitative estimate of drug-likeness (QED) is 0.442. The lowest BCUT2D eigenvalue weighted by molar-refractivity contribution is 0.101. The standard InChI is InChI=1S/C22H15ClN4O2S/c23-16-8-6-14(7-9-16)22-27-19(13-30-22)21(29)26-18-5-1-4-17(11-18)25-20(28)15-3-2-10-24-12-15/h1-13H,(H,25,28)(H,26,29). The molecule has 4 rings (SSSR count). The van der Waals surface area contributed by atoms with Gasteiger partial charge < -0.3 is 10.6 Å². The first-order chi connectivity index (χ1) is 14.6. The molecule has 0 saturated carbocycles. The molecular formula is C22H15ClN4O2S. The van der Waals surface area contributed by atoms with Crippen LogP contribution in [0.2, 0.25) is 5.02 Å². The molecular weight excluding hydrogens is 420 g/mol. The van der Waals surface area contributed by atoms with Gasteiger partial charge in [-0.05, 0) is 42.5 Å². The van der Waals surface area contributed by atoms with Crippen LogP contribution in [0.3, 0.4) is 0 Å². The van der Waals surface area contributed by atoms with E-state index in [4.69, 9.17) is 11.6 Å². The minimum atomic E-state index is -0.331. The van der Waals surface area contributed by atoms with E-state index in [9.17, 15) is 9.59 Å². The first-order valence-corrected chi connectivity index (χ1v) is 10.2. The Morgan fingerprint density at radius 1 is 0.900 bits per heavy atom. The van der Waals surface area contributed by atoms with E-state index < -0.39 is 0 Å². The van der Waals surface area contributed by atoms with Crippen molar-refractivity contribution in [3.63, 3.8) is 0 Å². The molecule has 2 N–H and O–H groups in total. The van der Waals surface area contributed by atoms with Crippen LogP contribution >= 0.6 is 22.9 Å². The third kappa shape index (κ3) is 4.71. The Bertz CT molecular complexity index is 1190. The number of nitrogens with one attached hydrogen (secondary N) is 2. The third-order valence-electron chi connectivity index (χ3n) is 4.13. The Morgan fingerprint density at radius 3 is 2.33 bits per heavy atom. The lowest BCUT2D eigenvalue weighted by Gasteiger charge is -2.08. The number of anilines is 2. The van der Waals surface area contributed by atoms with E-state index in [0.29, 0.717) is 27.7 Å². The molecule has 0 radical (unpaired) electrons. The molecule has 148 valence electrons. The first kappa shape index (κ1) is 19.8. The smallest absolute Gasteiger partial charge is 0.275 e. The molecule has 8 heteroatoms. The number of pyridine rings is 1. The average Bonchev–Trinajstić information content (AvgIpc) is 3.26. The molecule has 4 aromatic rings. The number of halogens is 1. The Kier molecular flexibility index (Phi) is 5.83. The van der Waals surface area contributed by atoms with Crippen LogP contribution in [-0.2, 0) is 0 Å². The maximum Gasteiger partial charge on any atom is 0.275 e. The second-order valence-corrected chi connectivity index (χ2v) is 7.57. The van der Waals surface area contributed by atoms with Gasteiger partial charge in [-0.3, -0.25) is 14.6 Å². The first-order valence-electron chi connectivity index (χ1n) is 8.93. The average molecular weight is 435 g/mol. The van der Waals surface area contributed by atoms with Gasteiger partial charge in [0.25, 0.3) is 11.8 Å². The zero-order valence-corrected chi connectivity index (χ0v) is 17.1. The predicted molar refractivity (Wildman–Crippen MR) is 119 cm³/mol. The molecule has 0 spiro atoms. The lowest BCUT2D eigenvalue weighted by Crippen LogP contribution is -2.14. The SMILES string of the molecule is O=C(Nc1cccc(NC(=O)c2csc(-c3ccc(Cl)cc3)n2)c1)c1cccnc1. The summed E-state index contributed by atoms with van der Waals surface area (Å²) < 4.78 is 0. The summed E-state index contributed by atoms with van der Waals surface area (Å²) in [4.78, 5) is 33.2. The topological polar surface area (TPSA) is 84.0 Å². The van der Waals surface area contributed by atoms with Crippen LogP contribution in [0.4, 0.5) is 11.4 Å². The van der Waals surface area contributed by atoms with Gasteiger partial charge >= 0.3 is 0 Å². The zero-order chi connectivity index (χ0) is 20.9. The number of carbonyl (C=O) groups excluding carboxylic acids is 2. The molecule has 0 aliphatic heterocycles. The largest absolute Gasteiger partial charge is 0.322 e. The van der Waals surface area contributed by atoms with Crippen molar-refractivity contribution in [1.82, 2.24) is 9.97 Å². The molecule has 0 aliphatic rings. The van der Waals surface area contributed by atoms with Crippen molar-refractivity contribution in [3.05, 3.63) is 94.7 Å². The summed E-state index contributed by atoms with van der Waals surface area (Å²) in [5, 5.41) is 8.67. The van der Waals surface area contributed by atoms with Crippen LogP contribution in [0.25, 0.3) is 10.6 Å². The van der Waals surface area contributed by atoms with E-state index in [1.807, 2.05) is 12.1 Å². The van der Waals surface area contributed by atoms with Gasteiger partial charge in [-0.25, -0.2) is 4.98 Å². The number of carbonyl (C=O) groups is 2. The summed E-state index contributed by atoms with van der Waals surface area (Å²) in [7, 11) is 0. The lowest BCUT2D eigenvalue weighted by atomic mass is 10.2. The zero-order valence-electron chi connectivity index (χ0n) is 15.5. The Morgan fingerprint density at radius 2 is 1.63 bits per heavy atom. The number of aromatic nitrogens is 2. The summed E-state index contributed by atoms with van der Waals surface area (Å²) in [6.45, 7) is 0. The number of thiazole rings is 1. The van der Waals surface area contributed by atoms with E-state index in [1.54, 1.807) is 60.1 Å². The van der Waals surface area contributed by atoms with Crippen molar-refractivity contribution in [2.24, 2.45) is 0 Å². The van der Waals surface area contributed by atoms with Crippen molar-refractivity contribution < 1.29 is 9.59 Å². The summed E-state index contributed by atoms with van der Waals surface area (Å²) in [6, 6.07) is 17.6. The Hall–Kier alpha value is -3.55. The van der Waals surface area contributed by atoms with Gasteiger partial charge in [0.15, 0.2) is 0 Å². The highest BCUT2D eigenvalue weighted by Crippen LogP contribution is 2.25. The fourth-order valence-corrected chi connectivity index (χ4v) is 3.61. The minimum absolute atomic E-state index is 0.279. The predicted octanol–water partition coefficient (Wildman–Crippen LogP) is 5.36. The molecule has 0 atom stereocenters. The summed E-state index contributed by atoms with van der Waals surface area (Å²) in [5.74, 6) is -0.610. The molecule has 30 heavy (non-hydrogen) atoms. The molecule has 2 aromatic carbocycles. The Labute approximate surface area is 181 Å².